The maximum absolute atomic E-state index is 5.98. The van der Waals surface area contributed by atoms with Gasteiger partial charge in [0.1, 0.15) is 11.9 Å². The van der Waals surface area contributed by atoms with E-state index in [-0.39, 0.29) is 30.1 Å². The molecular formula is C19H33IN4O. The Balaban J connectivity index is 0.00000312. The Kier molecular flexibility index (Phi) is 10.9. The lowest BCUT2D eigenvalue weighted by Crippen LogP contribution is -2.42. The van der Waals surface area contributed by atoms with Crippen LogP contribution in [0.15, 0.2) is 29.3 Å². The van der Waals surface area contributed by atoms with E-state index in [9.17, 15) is 0 Å². The molecule has 1 unspecified atom stereocenters. The van der Waals surface area contributed by atoms with Crippen molar-refractivity contribution in [1.82, 2.24) is 15.5 Å². The van der Waals surface area contributed by atoms with Crippen molar-refractivity contribution in [2.75, 3.05) is 39.8 Å². The second-order valence-electron chi connectivity index (χ2n) is 6.48. The second kappa shape index (κ2) is 12.4. The van der Waals surface area contributed by atoms with Gasteiger partial charge in [-0.1, -0.05) is 18.2 Å². The SMILES string of the molecule is CN=C(NCCCN1CCCC1)NCC(C)Oc1ccccc1C.I. The van der Waals surface area contributed by atoms with E-state index >= 15 is 0 Å². The summed E-state index contributed by atoms with van der Waals surface area (Å²) in [4.78, 5) is 6.82. The Morgan fingerprint density at radius 3 is 2.64 bits per heavy atom. The molecule has 0 saturated carbocycles. The van der Waals surface area contributed by atoms with Crippen LogP contribution in [0.25, 0.3) is 0 Å². The second-order valence-corrected chi connectivity index (χ2v) is 6.48. The van der Waals surface area contributed by atoms with Gasteiger partial charge in [0.25, 0.3) is 0 Å². The van der Waals surface area contributed by atoms with Crippen LogP contribution < -0.4 is 15.4 Å². The van der Waals surface area contributed by atoms with Crippen LogP contribution in [0.2, 0.25) is 0 Å². The third-order valence-corrected chi connectivity index (χ3v) is 4.34. The zero-order chi connectivity index (χ0) is 17.2. The van der Waals surface area contributed by atoms with Gasteiger partial charge < -0.3 is 20.3 Å². The summed E-state index contributed by atoms with van der Waals surface area (Å²) >= 11 is 0. The first-order chi connectivity index (χ1) is 11.7. The van der Waals surface area contributed by atoms with E-state index in [0.717, 1.165) is 36.8 Å². The zero-order valence-electron chi connectivity index (χ0n) is 15.8. The normalized spacial score (nSPS) is 16.2. The Morgan fingerprint density at radius 2 is 1.96 bits per heavy atom. The molecule has 1 aliphatic rings. The number of rotatable bonds is 8. The molecule has 1 atom stereocenters. The quantitative estimate of drug-likeness (QED) is 0.271. The molecule has 25 heavy (non-hydrogen) atoms. The topological polar surface area (TPSA) is 48.9 Å². The fourth-order valence-electron chi connectivity index (χ4n) is 2.92. The Bertz CT molecular complexity index is 518. The summed E-state index contributed by atoms with van der Waals surface area (Å²) in [5.41, 5.74) is 1.16. The van der Waals surface area contributed by atoms with E-state index in [1.54, 1.807) is 0 Å². The van der Waals surface area contributed by atoms with Gasteiger partial charge in [0, 0.05) is 13.6 Å². The fourth-order valence-corrected chi connectivity index (χ4v) is 2.92. The molecule has 0 radical (unpaired) electrons. The number of hydrogen-bond acceptors (Lipinski definition) is 3. The van der Waals surface area contributed by atoms with Crippen LogP contribution in [-0.2, 0) is 0 Å². The molecule has 0 aliphatic carbocycles. The summed E-state index contributed by atoms with van der Waals surface area (Å²) in [6, 6.07) is 8.11. The third kappa shape index (κ3) is 8.27. The van der Waals surface area contributed by atoms with E-state index in [1.165, 1.54) is 32.5 Å². The van der Waals surface area contributed by atoms with Crippen LogP contribution in [0.4, 0.5) is 0 Å². The summed E-state index contributed by atoms with van der Waals surface area (Å²) in [5.74, 6) is 1.79. The molecular weight excluding hydrogens is 427 g/mol. The number of guanidine groups is 1. The molecule has 2 N–H and O–H groups in total. The molecule has 1 fully saturated rings. The van der Waals surface area contributed by atoms with Gasteiger partial charge in [-0.3, -0.25) is 4.99 Å². The average Bonchev–Trinajstić information content (AvgIpc) is 3.10. The van der Waals surface area contributed by atoms with Crippen LogP contribution in [0, 0.1) is 6.92 Å². The molecule has 0 bridgehead atoms. The van der Waals surface area contributed by atoms with Crippen molar-refractivity contribution in [1.29, 1.82) is 0 Å². The van der Waals surface area contributed by atoms with Crippen molar-refractivity contribution >= 4 is 29.9 Å². The number of nitrogens with zero attached hydrogens (tertiary/aromatic N) is 2. The molecule has 1 aromatic carbocycles. The van der Waals surface area contributed by atoms with Crippen molar-refractivity contribution in [3.8, 4) is 5.75 Å². The third-order valence-electron chi connectivity index (χ3n) is 4.34. The number of aryl methyl sites for hydroxylation is 1. The average molecular weight is 460 g/mol. The Labute approximate surface area is 169 Å². The molecule has 6 heteroatoms. The molecule has 1 aromatic rings. The number of aliphatic imine (C=N–C) groups is 1. The highest BCUT2D eigenvalue weighted by atomic mass is 127. The summed E-state index contributed by atoms with van der Waals surface area (Å²) in [5, 5.41) is 6.72. The monoisotopic (exact) mass is 460 g/mol. The molecule has 0 spiro atoms. The number of para-hydroxylation sites is 1. The molecule has 0 aromatic heterocycles. The number of nitrogens with one attached hydrogen (secondary N) is 2. The molecule has 1 heterocycles. The van der Waals surface area contributed by atoms with Crippen LogP contribution in [0.1, 0.15) is 31.7 Å². The fraction of sp³-hybridized carbons (Fsp3) is 0.632. The van der Waals surface area contributed by atoms with Gasteiger partial charge in [0.2, 0.25) is 0 Å². The van der Waals surface area contributed by atoms with Crippen LogP contribution in [0.3, 0.4) is 0 Å². The molecule has 1 aliphatic heterocycles. The number of halogens is 1. The maximum Gasteiger partial charge on any atom is 0.191 e. The van der Waals surface area contributed by atoms with Gasteiger partial charge in [-0.15, -0.1) is 24.0 Å². The van der Waals surface area contributed by atoms with E-state index in [1.807, 2.05) is 25.2 Å². The lowest BCUT2D eigenvalue weighted by atomic mass is 10.2. The van der Waals surface area contributed by atoms with E-state index in [0.29, 0.717) is 0 Å². The maximum atomic E-state index is 5.98. The minimum absolute atomic E-state index is 0. The van der Waals surface area contributed by atoms with Crippen LogP contribution in [0.5, 0.6) is 5.75 Å². The molecule has 2 rings (SSSR count). The highest BCUT2D eigenvalue weighted by molar-refractivity contribution is 14.0. The summed E-state index contributed by atoms with van der Waals surface area (Å²) in [7, 11) is 1.81. The van der Waals surface area contributed by atoms with Crippen molar-refractivity contribution in [2.45, 2.75) is 39.2 Å². The number of hydrogen-bond donors (Lipinski definition) is 2. The molecule has 1 saturated heterocycles. The molecule has 5 nitrogen and oxygen atoms in total. The van der Waals surface area contributed by atoms with Crippen molar-refractivity contribution in [3.05, 3.63) is 29.8 Å². The highest BCUT2D eigenvalue weighted by Crippen LogP contribution is 2.17. The highest BCUT2D eigenvalue weighted by Gasteiger charge is 2.10. The first-order valence-electron chi connectivity index (χ1n) is 9.08. The van der Waals surface area contributed by atoms with Gasteiger partial charge in [-0.25, -0.2) is 0 Å². The molecule has 0 amide bonds. The van der Waals surface area contributed by atoms with E-state index in [2.05, 4.69) is 40.4 Å². The van der Waals surface area contributed by atoms with Crippen LogP contribution >= 0.6 is 24.0 Å². The van der Waals surface area contributed by atoms with Gasteiger partial charge in [0.05, 0.1) is 6.54 Å². The molecule has 142 valence electrons. The lowest BCUT2D eigenvalue weighted by Gasteiger charge is -2.19. The Hall–Kier alpha value is -1.02. The van der Waals surface area contributed by atoms with E-state index < -0.39 is 0 Å². The predicted octanol–water partition coefficient (Wildman–Crippen LogP) is 3.03. The van der Waals surface area contributed by atoms with Gasteiger partial charge in [-0.05, 0) is 64.4 Å². The number of benzene rings is 1. The Morgan fingerprint density at radius 1 is 1.24 bits per heavy atom. The predicted molar refractivity (Wildman–Crippen MR) is 116 cm³/mol. The van der Waals surface area contributed by atoms with Gasteiger partial charge in [-0.2, -0.15) is 0 Å². The largest absolute Gasteiger partial charge is 0.489 e. The van der Waals surface area contributed by atoms with Gasteiger partial charge >= 0.3 is 0 Å². The van der Waals surface area contributed by atoms with Crippen molar-refractivity contribution in [3.63, 3.8) is 0 Å². The minimum atomic E-state index is 0. The van der Waals surface area contributed by atoms with Gasteiger partial charge in [0.15, 0.2) is 5.96 Å². The zero-order valence-corrected chi connectivity index (χ0v) is 18.1. The summed E-state index contributed by atoms with van der Waals surface area (Å²) in [6.07, 6.45) is 3.94. The van der Waals surface area contributed by atoms with E-state index in [4.69, 9.17) is 4.74 Å². The number of likely N-dealkylation sites (tertiary alicyclic amines) is 1. The summed E-state index contributed by atoms with van der Waals surface area (Å²) in [6.45, 7) is 9.51. The van der Waals surface area contributed by atoms with Crippen molar-refractivity contribution in [2.24, 2.45) is 4.99 Å². The smallest absolute Gasteiger partial charge is 0.191 e. The lowest BCUT2D eigenvalue weighted by molar-refractivity contribution is 0.222. The van der Waals surface area contributed by atoms with Crippen LogP contribution in [-0.4, -0.2) is 56.7 Å². The minimum Gasteiger partial charge on any atom is -0.489 e. The first kappa shape index (κ1) is 22.0. The number of ether oxygens (including phenoxy) is 1. The summed E-state index contributed by atoms with van der Waals surface area (Å²) < 4.78 is 5.98. The van der Waals surface area contributed by atoms with Crippen molar-refractivity contribution < 1.29 is 4.74 Å². The first-order valence-corrected chi connectivity index (χ1v) is 9.08. The standard InChI is InChI=1S/C19H32N4O.HI/c1-16-9-4-5-10-18(16)24-17(2)15-22-19(20-3)21-11-8-14-23-12-6-7-13-23;/h4-5,9-10,17H,6-8,11-15H2,1-3H3,(H2,20,21,22);1H.